The number of H-pyrrole nitrogens is 1. The molecule has 1 unspecified atom stereocenters. The highest BCUT2D eigenvalue weighted by Gasteiger charge is 2.23. The summed E-state index contributed by atoms with van der Waals surface area (Å²) < 4.78 is 0. The third-order valence-electron chi connectivity index (χ3n) is 4.25. The standard InChI is InChI=1S/C18H23N3O2/c1-12(2)17-9-14(23-21-17)11-20-18(22)8-7-13-10-19-16-6-4-3-5-15(13)16/h3-6,10,12,14,19H,7-9,11H2,1-2H3,(H,20,22). The molecule has 1 aliphatic rings. The molecule has 0 spiro atoms. The molecule has 1 aromatic carbocycles. The van der Waals surface area contributed by atoms with Crippen LogP contribution in [0.25, 0.3) is 10.9 Å². The van der Waals surface area contributed by atoms with Gasteiger partial charge >= 0.3 is 0 Å². The summed E-state index contributed by atoms with van der Waals surface area (Å²) in [5.74, 6) is 0.453. The quantitative estimate of drug-likeness (QED) is 0.861. The number of aromatic amines is 1. The van der Waals surface area contributed by atoms with E-state index in [1.807, 2.05) is 24.4 Å². The number of rotatable bonds is 6. The molecule has 0 fully saturated rings. The van der Waals surface area contributed by atoms with E-state index in [1.54, 1.807) is 0 Å². The number of hydrogen-bond donors (Lipinski definition) is 2. The Morgan fingerprint density at radius 2 is 2.26 bits per heavy atom. The maximum absolute atomic E-state index is 12.0. The van der Waals surface area contributed by atoms with E-state index in [-0.39, 0.29) is 12.0 Å². The lowest BCUT2D eigenvalue weighted by Gasteiger charge is -2.10. The Kier molecular flexibility index (Phi) is 4.65. The number of hydrogen-bond acceptors (Lipinski definition) is 3. The number of carbonyl (C=O) groups is 1. The fourth-order valence-electron chi connectivity index (χ4n) is 2.80. The van der Waals surface area contributed by atoms with Gasteiger partial charge in [0.1, 0.15) is 6.10 Å². The molecule has 2 N–H and O–H groups in total. The van der Waals surface area contributed by atoms with Gasteiger partial charge in [-0.05, 0) is 24.0 Å². The lowest BCUT2D eigenvalue weighted by Crippen LogP contribution is -2.32. The van der Waals surface area contributed by atoms with Crippen LogP contribution >= 0.6 is 0 Å². The molecular formula is C18H23N3O2. The Balaban J connectivity index is 1.44. The largest absolute Gasteiger partial charge is 0.390 e. The van der Waals surface area contributed by atoms with Crippen molar-refractivity contribution in [2.45, 2.75) is 39.2 Å². The van der Waals surface area contributed by atoms with Gasteiger partial charge in [-0.15, -0.1) is 0 Å². The van der Waals surface area contributed by atoms with Crippen LogP contribution in [0.2, 0.25) is 0 Å². The van der Waals surface area contributed by atoms with Crippen LogP contribution in [0.5, 0.6) is 0 Å². The van der Waals surface area contributed by atoms with Gasteiger partial charge in [0.15, 0.2) is 0 Å². The number of benzene rings is 1. The van der Waals surface area contributed by atoms with E-state index in [2.05, 4.69) is 35.4 Å². The molecule has 122 valence electrons. The monoisotopic (exact) mass is 313 g/mol. The first-order valence-corrected chi connectivity index (χ1v) is 8.17. The Labute approximate surface area is 136 Å². The zero-order valence-electron chi connectivity index (χ0n) is 13.6. The van der Waals surface area contributed by atoms with Crippen molar-refractivity contribution in [2.75, 3.05) is 6.54 Å². The highest BCUT2D eigenvalue weighted by molar-refractivity contribution is 5.87. The maximum Gasteiger partial charge on any atom is 0.220 e. The average molecular weight is 313 g/mol. The number of fused-ring (bicyclic) bond motifs is 1. The molecule has 0 bridgehead atoms. The third-order valence-corrected chi connectivity index (χ3v) is 4.25. The maximum atomic E-state index is 12.0. The van der Waals surface area contributed by atoms with E-state index in [1.165, 1.54) is 10.9 Å². The normalized spacial score (nSPS) is 17.3. The molecule has 2 heterocycles. The van der Waals surface area contributed by atoms with Gasteiger partial charge in [-0.3, -0.25) is 4.79 Å². The summed E-state index contributed by atoms with van der Waals surface area (Å²) in [5.41, 5.74) is 3.36. The van der Waals surface area contributed by atoms with Gasteiger partial charge in [0.05, 0.1) is 12.3 Å². The Hall–Kier alpha value is -2.30. The Morgan fingerprint density at radius 1 is 1.43 bits per heavy atom. The summed E-state index contributed by atoms with van der Waals surface area (Å²) in [6.45, 7) is 4.72. The van der Waals surface area contributed by atoms with Crippen molar-refractivity contribution in [3.63, 3.8) is 0 Å². The van der Waals surface area contributed by atoms with Crippen molar-refractivity contribution in [2.24, 2.45) is 11.1 Å². The molecule has 1 atom stereocenters. The molecule has 1 amide bonds. The van der Waals surface area contributed by atoms with E-state index in [0.717, 1.165) is 24.1 Å². The minimum absolute atomic E-state index is 0.0237. The highest BCUT2D eigenvalue weighted by atomic mass is 16.6. The van der Waals surface area contributed by atoms with Crippen LogP contribution in [-0.4, -0.2) is 29.3 Å². The molecule has 1 aliphatic heterocycles. The second kappa shape index (κ2) is 6.86. The number of aromatic nitrogens is 1. The molecule has 0 saturated carbocycles. The smallest absolute Gasteiger partial charge is 0.220 e. The van der Waals surface area contributed by atoms with Crippen LogP contribution in [0, 0.1) is 5.92 Å². The van der Waals surface area contributed by atoms with E-state index >= 15 is 0 Å². The van der Waals surface area contributed by atoms with Crippen molar-refractivity contribution in [3.8, 4) is 0 Å². The molecule has 0 radical (unpaired) electrons. The second-order valence-electron chi connectivity index (χ2n) is 6.33. The topological polar surface area (TPSA) is 66.5 Å². The molecule has 23 heavy (non-hydrogen) atoms. The van der Waals surface area contributed by atoms with Crippen LogP contribution in [0.3, 0.4) is 0 Å². The van der Waals surface area contributed by atoms with E-state index < -0.39 is 0 Å². The van der Waals surface area contributed by atoms with E-state index in [9.17, 15) is 4.79 Å². The lowest BCUT2D eigenvalue weighted by atomic mass is 10.0. The minimum Gasteiger partial charge on any atom is -0.390 e. The van der Waals surface area contributed by atoms with Gasteiger partial charge in [-0.25, -0.2) is 0 Å². The fourth-order valence-corrected chi connectivity index (χ4v) is 2.80. The van der Waals surface area contributed by atoms with Crippen molar-refractivity contribution >= 4 is 22.5 Å². The fraction of sp³-hybridized carbons (Fsp3) is 0.444. The first kappa shape index (κ1) is 15.6. The van der Waals surface area contributed by atoms with E-state index in [0.29, 0.717) is 18.9 Å². The molecule has 5 nitrogen and oxygen atoms in total. The zero-order chi connectivity index (χ0) is 16.2. The summed E-state index contributed by atoms with van der Waals surface area (Å²) in [7, 11) is 0. The average Bonchev–Trinajstić information content (AvgIpc) is 3.18. The Morgan fingerprint density at radius 3 is 3.04 bits per heavy atom. The van der Waals surface area contributed by atoms with Crippen molar-refractivity contribution in [1.29, 1.82) is 0 Å². The van der Waals surface area contributed by atoms with Crippen LogP contribution in [0.15, 0.2) is 35.6 Å². The summed E-state index contributed by atoms with van der Waals surface area (Å²) in [6.07, 6.45) is 3.98. The van der Waals surface area contributed by atoms with Gasteiger partial charge in [0.2, 0.25) is 5.91 Å². The van der Waals surface area contributed by atoms with Crippen LogP contribution in [0.1, 0.15) is 32.3 Å². The lowest BCUT2D eigenvalue weighted by molar-refractivity contribution is -0.121. The summed E-state index contributed by atoms with van der Waals surface area (Å²) >= 11 is 0. The first-order valence-electron chi connectivity index (χ1n) is 8.17. The molecule has 0 saturated heterocycles. The Bertz CT molecular complexity index is 718. The third kappa shape index (κ3) is 3.73. The number of aryl methyl sites for hydroxylation is 1. The van der Waals surface area contributed by atoms with Crippen LogP contribution in [0.4, 0.5) is 0 Å². The number of amides is 1. The van der Waals surface area contributed by atoms with Crippen LogP contribution < -0.4 is 5.32 Å². The number of carbonyl (C=O) groups excluding carboxylic acids is 1. The SMILES string of the molecule is CC(C)C1=NOC(CNC(=O)CCc2c[nH]c3ccccc23)C1. The molecule has 0 aliphatic carbocycles. The van der Waals surface area contributed by atoms with Gasteiger partial charge in [-0.1, -0.05) is 37.2 Å². The predicted octanol–water partition coefficient (Wildman–Crippen LogP) is 3.02. The van der Waals surface area contributed by atoms with Gasteiger partial charge < -0.3 is 15.1 Å². The van der Waals surface area contributed by atoms with Gasteiger partial charge in [-0.2, -0.15) is 0 Å². The second-order valence-corrected chi connectivity index (χ2v) is 6.33. The number of nitrogens with zero attached hydrogens (tertiary/aromatic N) is 1. The van der Waals surface area contributed by atoms with Crippen molar-refractivity contribution < 1.29 is 9.63 Å². The van der Waals surface area contributed by atoms with Gasteiger partial charge in [0, 0.05) is 29.9 Å². The number of oxime groups is 1. The molecule has 2 aromatic rings. The van der Waals surface area contributed by atoms with Crippen molar-refractivity contribution in [3.05, 3.63) is 36.0 Å². The number of para-hydroxylation sites is 1. The van der Waals surface area contributed by atoms with E-state index in [4.69, 9.17) is 4.84 Å². The molecule has 1 aromatic heterocycles. The summed E-state index contributed by atoms with van der Waals surface area (Å²) in [4.78, 5) is 20.6. The first-order chi connectivity index (χ1) is 11.1. The summed E-state index contributed by atoms with van der Waals surface area (Å²) in [6, 6.07) is 8.15. The summed E-state index contributed by atoms with van der Waals surface area (Å²) in [5, 5.41) is 8.21. The molecular weight excluding hydrogens is 290 g/mol. The minimum atomic E-state index is -0.0237. The van der Waals surface area contributed by atoms with Crippen LogP contribution in [-0.2, 0) is 16.1 Å². The van der Waals surface area contributed by atoms with Crippen molar-refractivity contribution in [1.82, 2.24) is 10.3 Å². The van der Waals surface area contributed by atoms with Gasteiger partial charge in [0.25, 0.3) is 0 Å². The predicted molar refractivity (Wildman–Crippen MR) is 91.4 cm³/mol. The zero-order valence-corrected chi connectivity index (χ0v) is 13.6. The number of nitrogens with one attached hydrogen (secondary N) is 2. The molecule has 5 heteroatoms. The molecule has 3 rings (SSSR count). The highest BCUT2D eigenvalue weighted by Crippen LogP contribution is 2.19.